The van der Waals surface area contributed by atoms with Gasteiger partial charge in [0, 0.05) is 24.0 Å². The summed E-state index contributed by atoms with van der Waals surface area (Å²) in [6.07, 6.45) is 5.94. The lowest BCUT2D eigenvalue weighted by atomic mass is 9.95. The molecule has 136 valence electrons. The molecular weight excluding hydrogens is 340 g/mol. The summed E-state index contributed by atoms with van der Waals surface area (Å²) >= 11 is 1.58. The molecule has 1 fully saturated rings. The normalized spacial score (nSPS) is 20.7. The zero-order valence-electron chi connectivity index (χ0n) is 15.5. The average molecular weight is 367 g/mol. The van der Waals surface area contributed by atoms with Gasteiger partial charge in [-0.3, -0.25) is 5.41 Å². The molecule has 0 aliphatic carbocycles. The predicted molar refractivity (Wildman–Crippen MR) is 112 cm³/mol. The fourth-order valence-corrected chi connectivity index (χ4v) is 4.55. The molecule has 2 aromatic heterocycles. The molecule has 0 unspecified atom stereocenters. The van der Waals surface area contributed by atoms with E-state index in [9.17, 15) is 0 Å². The maximum atomic E-state index is 8.24. The van der Waals surface area contributed by atoms with Gasteiger partial charge in [0.2, 0.25) is 0 Å². The minimum Gasteiger partial charge on any atom is -0.347 e. The van der Waals surface area contributed by atoms with E-state index < -0.39 is 0 Å². The number of benzene rings is 1. The molecule has 0 spiro atoms. The molecule has 3 aromatic rings. The van der Waals surface area contributed by atoms with Crippen LogP contribution in [0.1, 0.15) is 31.1 Å². The van der Waals surface area contributed by atoms with Gasteiger partial charge in [-0.05, 0) is 74.8 Å². The zero-order valence-corrected chi connectivity index (χ0v) is 16.3. The van der Waals surface area contributed by atoms with Crippen LogP contribution in [0.25, 0.3) is 10.9 Å². The molecule has 1 aromatic carbocycles. The van der Waals surface area contributed by atoms with E-state index in [0.29, 0.717) is 11.4 Å². The van der Waals surface area contributed by atoms with Crippen molar-refractivity contribution in [3.05, 3.63) is 52.9 Å². The van der Waals surface area contributed by atoms with E-state index >= 15 is 0 Å². The van der Waals surface area contributed by atoms with E-state index in [2.05, 4.69) is 59.2 Å². The van der Waals surface area contributed by atoms with Crippen molar-refractivity contribution in [1.29, 1.82) is 5.41 Å². The maximum Gasteiger partial charge on any atom is 0.140 e. The number of amidine groups is 1. The van der Waals surface area contributed by atoms with Crippen LogP contribution in [0.4, 0.5) is 5.69 Å². The summed E-state index contributed by atoms with van der Waals surface area (Å²) in [6.45, 7) is 4.62. The second-order valence-electron chi connectivity index (χ2n) is 7.53. The summed E-state index contributed by atoms with van der Waals surface area (Å²) in [5.41, 5.74) is 2.52. The van der Waals surface area contributed by atoms with Gasteiger partial charge in [-0.2, -0.15) is 0 Å². The molecule has 2 N–H and O–H groups in total. The zero-order chi connectivity index (χ0) is 18.1. The SMILES string of the molecule is CN1CCC[C@]1(C)CCn1ccc2ccc(NC(=N)c3cccs3)cc21. The van der Waals surface area contributed by atoms with Gasteiger partial charge in [-0.15, -0.1) is 11.3 Å². The number of anilines is 1. The van der Waals surface area contributed by atoms with Gasteiger partial charge in [0.15, 0.2) is 0 Å². The van der Waals surface area contributed by atoms with Gasteiger partial charge < -0.3 is 14.8 Å². The van der Waals surface area contributed by atoms with Crippen LogP contribution in [-0.2, 0) is 6.54 Å². The molecule has 0 bridgehead atoms. The summed E-state index contributed by atoms with van der Waals surface area (Å²) in [5, 5.41) is 14.7. The Balaban J connectivity index is 1.52. The molecule has 0 radical (unpaired) electrons. The minimum atomic E-state index is 0.313. The monoisotopic (exact) mass is 366 g/mol. The Hall–Kier alpha value is -2.11. The Bertz CT molecular complexity index is 911. The molecule has 1 saturated heterocycles. The third kappa shape index (κ3) is 3.29. The van der Waals surface area contributed by atoms with Gasteiger partial charge in [0.1, 0.15) is 5.84 Å². The van der Waals surface area contributed by atoms with Crippen molar-refractivity contribution in [2.24, 2.45) is 0 Å². The second kappa shape index (κ2) is 6.89. The highest BCUT2D eigenvalue weighted by atomic mass is 32.1. The van der Waals surface area contributed by atoms with E-state index in [0.717, 1.165) is 23.5 Å². The van der Waals surface area contributed by atoms with Crippen LogP contribution in [0.2, 0.25) is 0 Å². The van der Waals surface area contributed by atoms with Gasteiger partial charge in [0.05, 0.1) is 10.4 Å². The van der Waals surface area contributed by atoms with Crippen molar-refractivity contribution in [3.8, 4) is 0 Å². The lowest BCUT2D eigenvalue weighted by Gasteiger charge is -2.32. The highest BCUT2D eigenvalue weighted by molar-refractivity contribution is 7.12. The molecule has 4 rings (SSSR count). The predicted octanol–water partition coefficient (Wildman–Crippen LogP) is 5.01. The van der Waals surface area contributed by atoms with Crippen LogP contribution in [0, 0.1) is 5.41 Å². The highest BCUT2D eigenvalue weighted by Gasteiger charge is 2.33. The third-order valence-electron chi connectivity index (χ3n) is 5.83. The van der Waals surface area contributed by atoms with E-state index in [4.69, 9.17) is 5.41 Å². The topological polar surface area (TPSA) is 44.0 Å². The van der Waals surface area contributed by atoms with E-state index in [1.165, 1.54) is 30.3 Å². The summed E-state index contributed by atoms with van der Waals surface area (Å²) in [4.78, 5) is 3.46. The number of thiophene rings is 1. The summed E-state index contributed by atoms with van der Waals surface area (Å²) in [5.74, 6) is 0.456. The Morgan fingerprint density at radius 1 is 1.31 bits per heavy atom. The standard InChI is InChI=1S/C21H26N4S/c1-21(9-4-11-24(21)2)10-13-25-12-8-16-6-7-17(15-18(16)25)23-20(22)19-5-3-14-26-19/h3,5-8,12,14-15H,4,9-11,13H2,1-2H3,(H2,22,23)/t21-/m1/s1. The number of nitrogens with zero attached hydrogens (tertiary/aromatic N) is 2. The summed E-state index contributed by atoms with van der Waals surface area (Å²) in [6, 6.07) is 12.5. The van der Waals surface area contributed by atoms with Gasteiger partial charge in [-0.25, -0.2) is 0 Å². The molecule has 1 atom stereocenters. The number of likely N-dealkylation sites (tertiary alicyclic amines) is 1. The smallest absolute Gasteiger partial charge is 0.140 e. The quantitative estimate of drug-likeness (QED) is 0.492. The van der Waals surface area contributed by atoms with E-state index in [1.807, 2.05) is 17.5 Å². The Kier molecular flexibility index (Phi) is 4.59. The van der Waals surface area contributed by atoms with Gasteiger partial charge >= 0.3 is 0 Å². The first-order chi connectivity index (χ1) is 12.5. The van der Waals surface area contributed by atoms with Crippen molar-refractivity contribution in [1.82, 2.24) is 9.47 Å². The summed E-state index contributed by atoms with van der Waals surface area (Å²) < 4.78 is 2.35. The lowest BCUT2D eigenvalue weighted by molar-refractivity contribution is 0.175. The van der Waals surface area contributed by atoms with Crippen LogP contribution in [0.15, 0.2) is 48.0 Å². The number of aryl methyl sites for hydroxylation is 1. The molecular formula is C21H26N4S. The fourth-order valence-electron chi connectivity index (χ4n) is 3.92. The molecule has 4 nitrogen and oxygen atoms in total. The Morgan fingerprint density at radius 2 is 2.19 bits per heavy atom. The largest absolute Gasteiger partial charge is 0.347 e. The molecule has 0 saturated carbocycles. The van der Waals surface area contributed by atoms with Crippen molar-refractivity contribution >= 4 is 33.8 Å². The second-order valence-corrected chi connectivity index (χ2v) is 8.48. The average Bonchev–Trinajstić information content (AvgIpc) is 3.35. The van der Waals surface area contributed by atoms with E-state index in [-0.39, 0.29) is 0 Å². The van der Waals surface area contributed by atoms with Gasteiger partial charge in [0.25, 0.3) is 0 Å². The van der Waals surface area contributed by atoms with Crippen LogP contribution in [0.3, 0.4) is 0 Å². The first-order valence-corrected chi connectivity index (χ1v) is 10.1. The molecule has 26 heavy (non-hydrogen) atoms. The van der Waals surface area contributed by atoms with E-state index in [1.54, 1.807) is 11.3 Å². The number of fused-ring (bicyclic) bond motifs is 1. The third-order valence-corrected chi connectivity index (χ3v) is 6.72. The number of rotatable bonds is 5. The number of hydrogen-bond acceptors (Lipinski definition) is 3. The van der Waals surface area contributed by atoms with Crippen molar-refractivity contribution in [2.75, 3.05) is 18.9 Å². The molecule has 5 heteroatoms. The number of nitrogens with one attached hydrogen (secondary N) is 2. The minimum absolute atomic E-state index is 0.313. The maximum absolute atomic E-state index is 8.24. The van der Waals surface area contributed by atoms with Crippen molar-refractivity contribution < 1.29 is 0 Å². The number of aromatic nitrogens is 1. The molecule has 1 aliphatic heterocycles. The van der Waals surface area contributed by atoms with Crippen LogP contribution >= 0.6 is 11.3 Å². The highest BCUT2D eigenvalue weighted by Crippen LogP contribution is 2.31. The molecule has 0 amide bonds. The van der Waals surface area contributed by atoms with Crippen LogP contribution < -0.4 is 5.32 Å². The lowest BCUT2D eigenvalue weighted by Crippen LogP contribution is -2.38. The van der Waals surface area contributed by atoms with Crippen molar-refractivity contribution in [3.63, 3.8) is 0 Å². The van der Waals surface area contributed by atoms with Crippen LogP contribution in [-0.4, -0.2) is 34.4 Å². The van der Waals surface area contributed by atoms with Crippen LogP contribution in [0.5, 0.6) is 0 Å². The van der Waals surface area contributed by atoms with Crippen molar-refractivity contribution in [2.45, 2.75) is 38.3 Å². The Labute approximate surface area is 159 Å². The fraction of sp³-hybridized carbons (Fsp3) is 0.381. The van der Waals surface area contributed by atoms with Gasteiger partial charge in [-0.1, -0.05) is 12.1 Å². The first kappa shape index (κ1) is 17.3. The molecule has 1 aliphatic rings. The number of hydrogen-bond donors (Lipinski definition) is 2. The first-order valence-electron chi connectivity index (χ1n) is 9.25. The summed E-state index contributed by atoms with van der Waals surface area (Å²) in [7, 11) is 2.25. The Morgan fingerprint density at radius 3 is 2.92 bits per heavy atom. The molecule has 3 heterocycles.